The van der Waals surface area contributed by atoms with Gasteiger partial charge in [-0.1, -0.05) is 13.3 Å². The van der Waals surface area contributed by atoms with Crippen LogP contribution in [0, 0.1) is 6.92 Å². The van der Waals surface area contributed by atoms with E-state index >= 15 is 0 Å². The first-order chi connectivity index (χ1) is 8.10. The van der Waals surface area contributed by atoms with Crippen molar-refractivity contribution in [3.63, 3.8) is 0 Å². The van der Waals surface area contributed by atoms with Gasteiger partial charge in [-0.2, -0.15) is 5.10 Å². The number of aromatic amines is 1. The molecule has 6 nitrogen and oxygen atoms in total. The van der Waals surface area contributed by atoms with E-state index in [1.165, 1.54) is 0 Å². The van der Waals surface area contributed by atoms with Crippen LogP contribution in [-0.4, -0.2) is 35.9 Å². The average molecular weight is 240 g/mol. The van der Waals surface area contributed by atoms with Crippen molar-refractivity contribution in [2.75, 3.05) is 19.5 Å². The molecule has 0 aromatic carbocycles. The Bertz CT molecular complexity index is 370. The highest BCUT2D eigenvalue weighted by atomic mass is 16.5. The number of hydrogen-bond acceptors (Lipinski definition) is 4. The first-order valence-corrected chi connectivity index (χ1v) is 5.70. The number of rotatable bonds is 6. The zero-order valence-corrected chi connectivity index (χ0v) is 10.5. The maximum Gasteiger partial charge on any atom is 0.274 e. The molecular formula is C11H20N4O2. The summed E-state index contributed by atoms with van der Waals surface area (Å²) < 4.78 is 5.05. The van der Waals surface area contributed by atoms with E-state index in [0.29, 0.717) is 18.0 Å². The molecule has 0 spiro atoms. The lowest BCUT2D eigenvalue weighted by Crippen LogP contribution is -2.38. The number of anilines is 1. The van der Waals surface area contributed by atoms with Crippen molar-refractivity contribution < 1.29 is 9.53 Å². The van der Waals surface area contributed by atoms with Crippen LogP contribution < -0.4 is 11.1 Å². The number of aryl methyl sites for hydroxylation is 1. The van der Waals surface area contributed by atoms with Crippen LogP contribution in [-0.2, 0) is 4.74 Å². The van der Waals surface area contributed by atoms with Gasteiger partial charge in [-0.3, -0.25) is 9.89 Å². The Hall–Kier alpha value is -1.56. The van der Waals surface area contributed by atoms with Crippen LogP contribution in [0.2, 0.25) is 0 Å². The first kappa shape index (κ1) is 13.5. The van der Waals surface area contributed by atoms with E-state index in [2.05, 4.69) is 22.4 Å². The summed E-state index contributed by atoms with van der Waals surface area (Å²) in [6.45, 7) is 4.32. The van der Waals surface area contributed by atoms with Crippen molar-refractivity contribution in [1.82, 2.24) is 15.5 Å². The van der Waals surface area contributed by atoms with Crippen molar-refractivity contribution in [1.29, 1.82) is 0 Å². The van der Waals surface area contributed by atoms with Crippen molar-refractivity contribution in [3.05, 3.63) is 11.4 Å². The van der Waals surface area contributed by atoms with Crippen LogP contribution in [0.1, 0.15) is 35.9 Å². The summed E-state index contributed by atoms with van der Waals surface area (Å²) >= 11 is 0. The molecule has 0 aliphatic rings. The lowest BCUT2D eigenvalue weighted by atomic mass is 10.1. The molecular weight excluding hydrogens is 220 g/mol. The summed E-state index contributed by atoms with van der Waals surface area (Å²) in [6, 6.07) is -0.00564. The highest BCUT2D eigenvalue weighted by molar-refractivity contribution is 5.97. The van der Waals surface area contributed by atoms with Gasteiger partial charge in [-0.25, -0.2) is 0 Å². The average Bonchev–Trinajstić information content (AvgIpc) is 2.60. The quantitative estimate of drug-likeness (QED) is 0.687. The zero-order chi connectivity index (χ0) is 12.8. The third kappa shape index (κ3) is 3.45. The highest BCUT2D eigenvalue weighted by Gasteiger charge is 2.18. The van der Waals surface area contributed by atoms with E-state index in [-0.39, 0.29) is 17.6 Å². The van der Waals surface area contributed by atoms with Crippen molar-refractivity contribution in [3.8, 4) is 0 Å². The van der Waals surface area contributed by atoms with Crippen LogP contribution in [0.4, 0.5) is 5.69 Å². The first-order valence-electron chi connectivity index (χ1n) is 5.70. The molecule has 1 aromatic rings. The number of carbonyl (C=O) groups excluding carboxylic acids is 1. The van der Waals surface area contributed by atoms with Gasteiger partial charge in [0.15, 0.2) is 5.69 Å². The summed E-state index contributed by atoms with van der Waals surface area (Å²) in [7, 11) is 1.61. The smallest absolute Gasteiger partial charge is 0.274 e. The number of amides is 1. The van der Waals surface area contributed by atoms with Gasteiger partial charge in [0.2, 0.25) is 0 Å². The minimum atomic E-state index is -0.262. The molecule has 1 rings (SSSR count). The zero-order valence-electron chi connectivity index (χ0n) is 10.5. The molecule has 1 amide bonds. The maximum absolute atomic E-state index is 11.9. The molecule has 6 heteroatoms. The van der Waals surface area contributed by atoms with E-state index in [1.807, 2.05) is 0 Å². The molecule has 0 bridgehead atoms. The van der Waals surface area contributed by atoms with Gasteiger partial charge in [0.05, 0.1) is 24.0 Å². The largest absolute Gasteiger partial charge is 0.395 e. The highest BCUT2D eigenvalue weighted by Crippen LogP contribution is 2.12. The molecule has 1 atom stereocenters. The summed E-state index contributed by atoms with van der Waals surface area (Å²) in [5.74, 6) is -0.262. The fraction of sp³-hybridized carbons (Fsp3) is 0.636. The van der Waals surface area contributed by atoms with E-state index < -0.39 is 0 Å². The number of nitrogens with two attached hydrogens (primary N) is 1. The Kier molecular flexibility index (Phi) is 4.96. The molecule has 1 unspecified atom stereocenters. The number of aromatic nitrogens is 2. The molecule has 1 heterocycles. The third-order valence-corrected chi connectivity index (χ3v) is 2.55. The fourth-order valence-corrected chi connectivity index (χ4v) is 1.61. The second kappa shape index (κ2) is 6.24. The second-order valence-electron chi connectivity index (χ2n) is 4.03. The van der Waals surface area contributed by atoms with Gasteiger partial charge in [0, 0.05) is 7.11 Å². The lowest BCUT2D eigenvalue weighted by Gasteiger charge is -2.16. The topological polar surface area (TPSA) is 93.0 Å². The molecule has 0 radical (unpaired) electrons. The van der Waals surface area contributed by atoms with Gasteiger partial charge < -0.3 is 15.8 Å². The minimum absolute atomic E-state index is 0.00564. The van der Waals surface area contributed by atoms with Gasteiger partial charge in [-0.05, 0) is 13.3 Å². The predicted octanol–water partition coefficient (Wildman–Crippen LogP) is 0.845. The molecule has 96 valence electrons. The fourth-order valence-electron chi connectivity index (χ4n) is 1.61. The van der Waals surface area contributed by atoms with Crippen molar-refractivity contribution in [2.24, 2.45) is 0 Å². The number of ether oxygens (including phenoxy) is 1. The number of carbonyl (C=O) groups is 1. The van der Waals surface area contributed by atoms with Crippen LogP contribution in [0.25, 0.3) is 0 Å². The number of nitrogens with zero attached hydrogens (tertiary/aromatic N) is 1. The van der Waals surface area contributed by atoms with Crippen molar-refractivity contribution >= 4 is 11.6 Å². The SMILES string of the molecule is CCCC(COC)NC(=O)c1n[nH]c(C)c1N. The monoisotopic (exact) mass is 240 g/mol. The van der Waals surface area contributed by atoms with Gasteiger partial charge in [-0.15, -0.1) is 0 Å². The van der Waals surface area contributed by atoms with E-state index in [9.17, 15) is 4.79 Å². The van der Waals surface area contributed by atoms with Crippen LogP contribution in [0.3, 0.4) is 0 Å². The molecule has 4 N–H and O–H groups in total. The number of methoxy groups -OCH3 is 1. The minimum Gasteiger partial charge on any atom is -0.395 e. The normalized spacial score (nSPS) is 12.4. The Morgan fingerprint density at radius 3 is 2.82 bits per heavy atom. The van der Waals surface area contributed by atoms with Crippen LogP contribution in [0.15, 0.2) is 0 Å². The summed E-state index contributed by atoms with van der Waals surface area (Å²) in [5, 5.41) is 9.44. The van der Waals surface area contributed by atoms with Gasteiger partial charge in [0.1, 0.15) is 0 Å². The van der Waals surface area contributed by atoms with E-state index in [0.717, 1.165) is 12.8 Å². The number of nitrogen functional groups attached to an aromatic ring is 1. The number of H-pyrrole nitrogens is 1. The van der Waals surface area contributed by atoms with Gasteiger partial charge >= 0.3 is 0 Å². The molecule has 0 aliphatic carbocycles. The van der Waals surface area contributed by atoms with Gasteiger partial charge in [0.25, 0.3) is 5.91 Å². The summed E-state index contributed by atoms with van der Waals surface area (Å²) in [6.07, 6.45) is 1.84. The van der Waals surface area contributed by atoms with Crippen LogP contribution in [0.5, 0.6) is 0 Å². The summed E-state index contributed by atoms with van der Waals surface area (Å²) in [4.78, 5) is 11.9. The molecule has 1 aromatic heterocycles. The Balaban J connectivity index is 2.66. The Labute approximate surface area is 101 Å². The molecule has 0 saturated carbocycles. The van der Waals surface area contributed by atoms with Crippen LogP contribution >= 0.6 is 0 Å². The third-order valence-electron chi connectivity index (χ3n) is 2.55. The van der Waals surface area contributed by atoms with Crippen molar-refractivity contribution in [2.45, 2.75) is 32.7 Å². The molecule has 0 aliphatic heterocycles. The molecule has 17 heavy (non-hydrogen) atoms. The molecule has 0 fully saturated rings. The Morgan fingerprint density at radius 2 is 2.35 bits per heavy atom. The predicted molar refractivity (Wildman–Crippen MR) is 65.8 cm³/mol. The Morgan fingerprint density at radius 1 is 1.65 bits per heavy atom. The standard InChI is InChI=1S/C11H20N4O2/c1-4-5-8(6-17-3)13-11(16)10-9(12)7(2)14-15-10/h8H,4-6,12H2,1-3H3,(H,13,16)(H,14,15). The van der Waals surface area contributed by atoms with E-state index in [1.54, 1.807) is 14.0 Å². The lowest BCUT2D eigenvalue weighted by molar-refractivity contribution is 0.0887. The maximum atomic E-state index is 11.9. The summed E-state index contributed by atoms with van der Waals surface area (Å²) in [5.41, 5.74) is 7.09. The second-order valence-corrected chi connectivity index (χ2v) is 4.03. The molecule has 0 saturated heterocycles. The number of hydrogen-bond donors (Lipinski definition) is 3. The number of nitrogens with one attached hydrogen (secondary N) is 2. The van der Waals surface area contributed by atoms with E-state index in [4.69, 9.17) is 10.5 Å².